The highest BCUT2D eigenvalue weighted by atomic mass is 32.2. The molecule has 3 aliphatic carbocycles. The third kappa shape index (κ3) is 7.28. The molecule has 3 saturated carbocycles. The van der Waals surface area contributed by atoms with Crippen molar-refractivity contribution in [1.29, 1.82) is 0 Å². The molecule has 0 bridgehead atoms. The lowest BCUT2D eigenvalue weighted by Crippen LogP contribution is -2.55. The van der Waals surface area contributed by atoms with Gasteiger partial charge in [0.1, 0.15) is 11.6 Å². The second-order valence-electron chi connectivity index (χ2n) is 14.6. The number of hydrogen-bond acceptors (Lipinski definition) is 8. The molecule has 12 nitrogen and oxygen atoms in total. The van der Waals surface area contributed by atoms with Crippen molar-refractivity contribution in [3.05, 3.63) is 59.8 Å². The van der Waals surface area contributed by atoms with E-state index in [1.165, 1.54) is 0 Å². The molecule has 3 N–H and O–H groups in total. The van der Waals surface area contributed by atoms with Crippen LogP contribution in [0.1, 0.15) is 76.5 Å². The van der Waals surface area contributed by atoms with E-state index in [4.69, 9.17) is 9.72 Å². The summed E-state index contributed by atoms with van der Waals surface area (Å²) in [4.78, 5) is 61.2. The number of ether oxygens (including phenoxy) is 1. The second-order valence-corrected chi connectivity index (χ2v) is 16.8. The Morgan fingerprint density at radius 3 is 2.60 bits per heavy atom. The first-order valence-corrected chi connectivity index (χ1v) is 19.1. The number of amides is 4. The summed E-state index contributed by atoms with van der Waals surface area (Å²) < 4.78 is 33.1. The van der Waals surface area contributed by atoms with E-state index in [9.17, 15) is 27.6 Å². The topological polar surface area (TPSA) is 164 Å². The van der Waals surface area contributed by atoms with Gasteiger partial charge in [0.05, 0.1) is 28.0 Å². The Morgan fingerprint density at radius 2 is 1.86 bits per heavy atom. The second kappa shape index (κ2) is 13.8. The predicted octanol–water partition coefficient (Wildman–Crippen LogP) is 4.63. The van der Waals surface area contributed by atoms with Crippen LogP contribution < -0.4 is 15.4 Å². The number of allylic oxidation sites excluding steroid dienone is 1. The zero-order valence-corrected chi connectivity index (χ0v) is 30.0. The summed E-state index contributed by atoms with van der Waals surface area (Å²) in [5.74, 6) is -3.61. The number of benzene rings is 1. The highest BCUT2D eigenvalue weighted by molar-refractivity contribution is 7.91. The van der Waals surface area contributed by atoms with Crippen LogP contribution in [0.5, 0.6) is 0 Å². The van der Waals surface area contributed by atoms with Crippen molar-refractivity contribution in [2.24, 2.45) is 17.8 Å². The third-order valence-corrected chi connectivity index (χ3v) is 12.9. The van der Waals surface area contributed by atoms with Crippen molar-refractivity contribution < 1.29 is 32.3 Å². The molecule has 0 saturated heterocycles. The Bertz CT molecular complexity index is 1820. The molecule has 4 aliphatic rings. The molecule has 2 heterocycles. The zero-order chi connectivity index (χ0) is 35.8. The summed E-state index contributed by atoms with van der Waals surface area (Å²) in [6.07, 6.45) is 6.77. The molecule has 2 aromatic rings. The highest BCUT2D eigenvalue weighted by Gasteiger charge is 2.63. The summed E-state index contributed by atoms with van der Waals surface area (Å²) in [5.41, 5.74) is 2.36. The molecule has 6 rings (SSSR count). The van der Waals surface area contributed by atoms with Gasteiger partial charge in [0, 0.05) is 30.8 Å². The number of nitrogens with one attached hydrogen (secondary N) is 3. The van der Waals surface area contributed by atoms with Gasteiger partial charge in [0.25, 0.3) is 5.91 Å². The van der Waals surface area contributed by atoms with Crippen LogP contribution in [-0.2, 0) is 35.6 Å². The monoisotopic (exact) mass is 705 g/mol. The van der Waals surface area contributed by atoms with E-state index in [0.29, 0.717) is 30.8 Å². The average Bonchev–Trinajstić information content (AvgIpc) is 3.96. The summed E-state index contributed by atoms with van der Waals surface area (Å²) in [6.45, 7) is 6.05. The minimum Gasteiger partial charge on any atom is -0.446 e. The van der Waals surface area contributed by atoms with Crippen LogP contribution in [0.25, 0.3) is 11.3 Å². The Labute approximate surface area is 293 Å². The van der Waals surface area contributed by atoms with Gasteiger partial charge < -0.3 is 15.0 Å². The predicted molar refractivity (Wildman–Crippen MR) is 188 cm³/mol. The molecule has 13 heteroatoms. The van der Waals surface area contributed by atoms with Gasteiger partial charge in [-0.2, -0.15) is 0 Å². The molecule has 5 atom stereocenters. The van der Waals surface area contributed by atoms with E-state index in [1.54, 1.807) is 18.9 Å². The van der Waals surface area contributed by atoms with Crippen LogP contribution >= 0.6 is 0 Å². The number of anilines is 1. The van der Waals surface area contributed by atoms with Gasteiger partial charge in [-0.15, -0.1) is 0 Å². The number of fused-ring (bicyclic) bond motifs is 2. The van der Waals surface area contributed by atoms with Crippen LogP contribution in [0.15, 0.2) is 48.6 Å². The number of carbonyl (C=O) groups excluding carboxylic acids is 4. The molecule has 268 valence electrons. The summed E-state index contributed by atoms with van der Waals surface area (Å²) in [6, 6.07) is 11.4. The fourth-order valence-corrected chi connectivity index (χ4v) is 8.40. The molecule has 1 aromatic carbocycles. The van der Waals surface area contributed by atoms with Crippen LogP contribution in [0.4, 0.5) is 10.5 Å². The number of hydrogen-bond donors (Lipinski definition) is 3. The van der Waals surface area contributed by atoms with Gasteiger partial charge >= 0.3 is 6.09 Å². The van der Waals surface area contributed by atoms with E-state index in [-0.39, 0.29) is 31.1 Å². The number of aromatic nitrogens is 1. The van der Waals surface area contributed by atoms with Crippen molar-refractivity contribution in [2.75, 3.05) is 18.9 Å². The van der Waals surface area contributed by atoms with Gasteiger partial charge in [-0.25, -0.2) is 13.2 Å². The van der Waals surface area contributed by atoms with Crippen molar-refractivity contribution in [3.63, 3.8) is 0 Å². The van der Waals surface area contributed by atoms with Crippen LogP contribution in [0.2, 0.25) is 0 Å². The molecule has 1 aromatic heterocycles. The number of nitrogens with zero attached hydrogens (tertiary/aromatic N) is 2. The molecule has 0 radical (unpaired) electrons. The Kier molecular flexibility index (Phi) is 9.82. The SMILES string of the molecule is CCc1cccc(-c2ccc(C)cc2NC(=O)OC2CC3C(=O)NC4(C(=O)NS(=O)(=O)C5(C)CC5)CC4/C=C\CCCCN(C)C(=O)C3C2)n1. The van der Waals surface area contributed by atoms with Crippen molar-refractivity contribution >= 4 is 39.5 Å². The number of sulfonamides is 1. The van der Waals surface area contributed by atoms with Crippen LogP contribution in [0, 0.1) is 24.7 Å². The largest absolute Gasteiger partial charge is 0.446 e. The summed E-state index contributed by atoms with van der Waals surface area (Å²) in [7, 11) is -2.23. The number of rotatable bonds is 7. The maximum absolute atomic E-state index is 14.1. The molecular formula is C37H47N5O7S. The molecule has 50 heavy (non-hydrogen) atoms. The summed E-state index contributed by atoms with van der Waals surface area (Å²) in [5, 5.41) is 5.74. The Hall–Kier alpha value is -4.26. The average molecular weight is 706 g/mol. The fourth-order valence-electron chi connectivity index (χ4n) is 7.09. The van der Waals surface area contributed by atoms with Gasteiger partial charge in [0.2, 0.25) is 21.8 Å². The van der Waals surface area contributed by atoms with E-state index in [0.717, 1.165) is 42.5 Å². The first-order valence-electron chi connectivity index (χ1n) is 17.6. The molecule has 1 aliphatic heterocycles. The van der Waals surface area contributed by atoms with Crippen LogP contribution in [-0.4, -0.2) is 72.1 Å². The van der Waals surface area contributed by atoms with E-state index in [1.807, 2.05) is 62.4 Å². The van der Waals surface area contributed by atoms with Crippen molar-refractivity contribution in [1.82, 2.24) is 19.9 Å². The molecule has 4 amide bonds. The van der Waals surface area contributed by atoms with Crippen molar-refractivity contribution in [3.8, 4) is 11.3 Å². The van der Waals surface area contributed by atoms with E-state index in [2.05, 4.69) is 15.4 Å². The number of aryl methyl sites for hydroxylation is 2. The molecule has 0 spiro atoms. The standard InChI is InChI=1S/C37H47N5O7S/c1-5-25-12-10-13-30(38-25)27-15-14-23(2)19-31(27)39-35(46)49-26-20-28-29(21-26)33(44)42(4)18-9-7-6-8-11-24-22-37(24,40-32(28)43)34(45)41-50(47,48)36(3)16-17-36/h8,10-15,19,24,26,28-29H,5-7,9,16-18,20-22H2,1-4H3,(H,39,46)(H,40,43)(H,41,45)/b11-8-. The van der Waals surface area contributed by atoms with Gasteiger partial charge in [-0.1, -0.05) is 37.3 Å². The highest BCUT2D eigenvalue weighted by Crippen LogP contribution is 2.48. The van der Waals surface area contributed by atoms with Crippen LogP contribution in [0.3, 0.4) is 0 Å². The van der Waals surface area contributed by atoms with Gasteiger partial charge in [-0.3, -0.25) is 29.4 Å². The minimum absolute atomic E-state index is 0.0683. The maximum Gasteiger partial charge on any atom is 0.411 e. The first-order chi connectivity index (χ1) is 23.7. The Balaban J connectivity index is 1.21. The lowest BCUT2D eigenvalue weighted by Gasteiger charge is -2.27. The fraction of sp³-hybridized carbons (Fsp3) is 0.541. The number of pyridine rings is 1. The lowest BCUT2D eigenvalue weighted by molar-refractivity contribution is -0.140. The van der Waals surface area contributed by atoms with Gasteiger partial charge in [0.15, 0.2) is 0 Å². The molecular weight excluding hydrogens is 659 g/mol. The quantitative estimate of drug-likeness (QED) is 0.351. The lowest BCUT2D eigenvalue weighted by atomic mass is 9.93. The smallest absolute Gasteiger partial charge is 0.411 e. The molecule has 3 fully saturated rings. The van der Waals surface area contributed by atoms with Gasteiger partial charge in [-0.05, 0) is 95.4 Å². The van der Waals surface area contributed by atoms with E-state index >= 15 is 0 Å². The minimum atomic E-state index is -3.94. The third-order valence-electron chi connectivity index (χ3n) is 10.8. The Morgan fingerprint density at radius 1 is 1.10 bits per heavy atom. The van der Waals surface area contributed by atoms with Crippen molar-refractivity contribution in [2.45, 2.75) is 94.9 Å². The zero-order valence-electron chi connectivity index (χ0n) is 29.2. The first kappa shape index (κ1) is 35.6. The number of carbonyl (C=O) groups is 4. The molecule has 5 unspecified atom stereocenters. The maximum atomic E-state index is 14.1. The normalized spacial score (nSPS) is 28.3. The summed E-state index contributed by atoms with van der Waals surface area (Å²) >= 11 is 0. The van der Waals surface area contributed by atoms with E-state index < -0.39 is 56.2 Å².